The van der Waals surface area contributed by atoms with Crippen LogP contribution in [0.3, 0.4) is 0 Å². The van der Waals surface area contributed by atoms with E-state index in [0.717, 1.165) is 13.0 Å². The molecule has 1 aliphatic rings. The summed E-state index contributed by atoms with van der Waals surface area (Å²) in [6.45, 7) is 3.26. The summed E-state index contributed by atoms with van der Waals surface area (Å²) in [5.74, 6) is 0.727. The summed E-state index contributed by atoms with van der Waals surface area (Å²) in [6, 6.07) is 0. The van der Waals surface area contributed by atoms with Crippen LogP contribution in [-0.2, 0) is 13.8 Å². The van der Waals surface area contributed by atoms with E-state index in [1.54, 1.807) is 0 Å². The predicted octanol–water partition coefficient (Wildman–Crippen LogP) is 3.18. The maximum absolute atomic E-state index is 11.0. The number of hydrogen-bond acceptors (Lipinski definition) is 3. The lowest BCUT2D eigenvalue weighted by molar-refractivity contribution is 0.0640. The molecule has 0 saturated heterocycles. The monoisotopic (exact) mass is 282 g/mol. The summed E-state index contributed by atoms with van der Waals surface area (Å²) in [5.41, 5.74) is 0. The van der Waals surface area contributed by atoms with Gasteiger partial charge in [0.2, 0.25) is 9.05 Å². The molecule has 0 bridgehead atoms. The predicted molar refractivity (Wildman–Crippen MR) is 70.8 cm³/mol. The van der Waals surface area contributed by atoms with E-state index in [0.29, 0.717) is 12.5 Å². The molecule has 1 unspecified atom stereocenters. The molecule has 0 aromatic rings. The van der Waals surface area contributed by atoms with Crippen molar-refractivity contribution in [2.75, 3.05) is 19.0 Å². The van der Waals surface area contributed by atoms with Gasteiger partial charge in [0.05, 0.1) is 12.4 Å². The normalized spacial score (nSPS) is 20.4. The molecule has 0 amide bonds. The van der Waals surface area contributed by atoms with Crippen LogP contribution in [0.1, 0.15) is 45.4 Å². The first-order valence-corrected chi connectivity index (χ1v) is 8.99. The molecule has 0 spiro atoms. The van der Waals surface area contributed by atoms with Crippen molar-refractivity contribution in [2.24, 2.45) is 11.8 Å². The van der Waals surface area contributed by atoms with Gasteiger partial charge in [0.15, 0.2) is 0 Å². The molecule has 0 aliphatic heterocycles. The highest BCUT2D eigenvalue weighted by molar-refractivity contribution is 8.13. The summed E-state index contributed by atoms with van der Waals surface area (Å²) in [7, 11) is 1.85. The summed E-state index contributed by atoms with van der Waals surface area (Å²) >= 11 is 0. The lowest BCUT2D eigenvalue weighted by Crippen LogP contribution is -2.20. The van der Waals surface area contributed by atoms with Crippen molar-refractivity contribution < 1.29 is 13.2 Å². The van der Waals surface area contributed by atoms with Gasteiger partial charge >= 0.3 is 0 Å². The van der Waals surface area contributed by atoms with Crippen molar-refractivity contribution in [1.29, 1.82) is 0 Å². The lowest BCUT2D eigenvalue weighted by atomic mass is 9.90. The van der Waals surface area contributed by atoms with Crippen LogP contribution in [0, 0.1) is 11.8 Å². The minimum atomic E-state index is -3.40. The zero-order chi connectivity index (χ0) is 12.7. The van der Waals surface area contributed by atoms with Crippen LogP contribution in [0.4, 0.5) is 0 Å². The average molecular weight is 283 g/mol. The van der Waals surface area contributed by atoms with Crippen LogP contribution in [0.25, 0.3) is 0 Å². The van der Waals surface area contributed by atoms with Gasteiger partial charge in [0.1, 0.15) is 0 Å². The Hall–Kier alpha value is 0.200. The Morgan fingerprint density at radius 3 is 2.47 bits per heavy atom. The average Bonchev–Trinajstić information content (AvgIpc) is 2.27. The third kappa shape index (κ3) is 7.27. The Morgan fingerprint density at radius 2 is 1.94 bits per heavy atom. The van der Waals surface area contributed by atoms with Gasteiger partial charge in [0.25, 0.3) is 0 Å². The standard InChI is InChI=1S/C12H23ClO3S/c1-2-11(10-17(13,14)15)8-16-9-12-6-4-3-5-7-12/h11-12H,2-10H2,1H3. The molecular weight excluding hydrogens is 260 g/mol. The molecular formula is C12H23ClO3S. The summed E-state index contributed by atoms with van der Waals surface area (Å²) in [5, 5.41) is 0. The first-order valence-electron chi connectivity index (χ1n) is 6.51. The minimum Gasteiger partial charge on any atom is -0.381 e. The van der Waals surface area contributed by atoms with Gasteiger partial charge in [-0.05, 0) is 24.7 Å². The molecule has 102 valence electrons. The molecule has 1 saturated carbocycles. The molecule has 5 heteroatoms. The van der Waals surface area contributed by atoms with Crippen LogP contribution in [0.5, 0.6) is 0 Å². The zero-order valence-corrected chi connectivity index (χ0v) is 12.1. The Labute approximate surface area is 109 Å². The SMILES string of the molecule is CCC(COCC1CCCCC1)CS(=O)(=O)Cl. The molecule has 0 radical (unpaired) electrons. The molecule has 3 nitrogen and oxygen atoms in total. The van der Waals surface area contributed by atoms with E-state index in [4.69, 9.17) is 15.4 Å². The third-order valence-corrected chi connectivity index (χ3v) is 4.69. The topological polar surface area (TPSA) is 43.4 Å². The van der Waals surface area contributed by atoms with Crippen LogP contribution in [-0.4, -0.2) is 27.4 Å². The fourth-order valence-corrected chi connectivity index (χ4v) is 3.75. The molecule has 1 rings (SSSR count). The van der Waals surface area contributed by atoms with Gasteiger partial charge in [-0.2, -0.15) is 0 Å². The smallest absolute Gasteiger partial charge is 0.232 e. The zero-order valence-electron chi connectivity index (χ0n) is 10.5. The second-order valence-electron chi connectivity index (χ2n) is 5.02. The van der Waals surface area contributed by atoms with Crippen molar-refractivity contribution in [1.82, 2.24) is 0 Å². The van der Waals surface area contributed by atoms with E-state index in [1.807, 2.05) is 6.92 Å². The van der Waals surface area contributed by atoms with Crippen molar-refractivity contribution in [3.8, 4) is 0 Å². The van der Waals surface area contributed by atoms with E-state index >= 15 is 0 Å². The number of rotatable bonds is 7. The highest BCUT2D eigenvalue weighted by Gasteiger charge is 2.17. The van der Waals surface area contributed by atoms with Gasteiger partial charge < -0.3 is 4.74 Å². The minimum absolute atomic E-state index is 0.0235. The number of hydrogen-bond donors (Lipinski definition) is 0. The second kappa shape index (κ2) is 7.59. The summed E-state index contributed by atoms with van der Waals surface area (Å²) in [6.07, 6.45) is 7.26. The highest BCUT2D eigenvalue weighted by atomic mass is 35.7. The van der Waals surface area contributed by atoms with E-state index in [2.05, 4.69) is 0 Å². The number of ether oxygens (including phenoxy) is 1. The second-order valence-corrected chi connectivity index (χ2v) is 7.84. The number of halogens is 1. The third-order valence-electron chi connectivity index (χ3n) is 3.44. The van der Waals surface area contributed by atoms with Gasteiger partial charge in [-0.25, -0.2) is 8.42 Å². The maximum Gasteiger partial charge on any atom is 0.232 e. The summed E-state index contributed by atoms with van der Waals surface area (Å²) in [4.78, 5) is 0. The van der Waals surface area contributed by atoms with E-state index in [9.17, 15) is 8.42 Å². The maximum atomic E-state index is 11.0. The van der Waals surface area contributed by atoms with Crippen molar-refractivity contribution in [2.45, 2.75) is 45.4 Å². The van der Waals surface area contributed by atoms with Crippen molar-refractivity contribution in [3.63, 3.8) is 0 Å². The van der Waals surface area contributed by atoms with Gasteiger partial charge in [0, 0.05) is 17.3 Å². The van der Waals surface area contributed by atoms with Gasteiger partial charge in [-0.3, -0.25) is 0 Å². The molecule has 0 aromatic heterocycles. The van der Waals surface area contributed by atoms with Crippen molar-refractivity contribution in [3.05, 3.63) is 0 Å². The van der Waals surface area contributed by atoms with Crippen LogP contribution >= 0.6 is 10.7 Å². The molecule has 1 fully saturated rings. The largest absolute Gasteiger partial charge is 0.381 e. The fourth-order valence-electron chi connectivity index (χ4n) is 2.32. The van der Waals surface area contributed by atoms with Crippen LogP contribution in [0.15, 0.2) is 0 Å². The van der Waals surface area contributed by atoms with Crippen LogP contribution < -0.4 is 0 Å². The molecule has 0 N–H and O–H groups in total. The first kappa shape index (κ1) is 15.3. The summed E-state index contributed by atoms with van der Waals surface area (Å²) < 4.78 is 27.6. The Bertz CT molecular complexity index is 297. The van der Waals surface area contributed by atoms with E-state index in [1.165, 1.54) is 32.1 Å². The molecule has 0 aromatic carbocycles. The van der Waals surface area contributed by atoms with E-state index in [-0.39, 0.29) is 11.7 Å². The van der Waals surface area contributed by atoms with E-state index < -0.39 is 9.05 Å². The van der Waals surface area contributed by atoms with Gasteiger partial charge in [-0.15, -0.1) is 0 Å². The Balaban J connectivity index is 2.18. The first-order chi connectivity index (χ1) is 8.01. The Kier molecular flexibility index (Phi) is 6.82. The van der Waals surface area contributed by atoms with Crippen molar-refractivity contribution >= 4 is 19.7 Å². The van der Waals surface area contributed by atoms with Crippen LogP contribution in [0.2, 0.25) is 0 Å². The molecule has 1 aliphatic carbocycles. The highest BCUT2D eigenvalue weighted by Crippen LogP contribution is 2.24. The molecule has 0 heterocycles. The fraction of sp³-hybridized carbons (Fsp3) is 1.00. The van der Waals surface area contributed by atoms with Gasteiger partial charge in [-0.1, -0.05) is 32.6 Å². The molecule has 17 heavy (non-hydrogen) atoms. The molecule has 1 atom stereocenters. The quantitative estimate of drug-likeness (QED) is 0.674. The Morgan fingerprint density at radius 1 is 1.29 bits per heavy atom. The lowest BCUT2D eigenvalue weighted by Gasteiger charge is -2.22.